The van der Waals surface area contributed by atoms with Crippen LogP contribution >= 0.6 is 22.6 Å². The van der Waals surface area contributed by atoms with Crippen LogP contribution in [0.15, 0.2) is 54.1 Å². The molecule has 2 aromatic rings. The minimum absolute atomic E-state index is 0.0156. The summed E-state index contributed by atoms with van der Waals surface area (Å²) in [4.78, 5) is 12.0. The Bertz CT molecular complexity index is 808. The molecule has 1 N–H and O–H groups in total. The smallest absolute Gasteiger partial charge is 0.262 e. The highest BCUT2D eigenvalue weighted by atomic mass is 127. The van der Waals surface area contributed by atoms with E-state index in [0.29, 0.717) is 6.61 Å². The summed E-state index contributed by atoms with van der Waals surface area (Å²) >= 11 is 2.19. The first-order valence-corrected chi connectivity index (χ1v) is 8.96. The molecule has 0 saturated heterocycles. The third kappa shape index (κ3) is 5.91. The van der Waals surface area contributed by atoms with Crippen molar-refractivity contribution < 1.29 is 9.53 Å². The van der Waals surface area contributed by atoms with Gasteiger partial charge in [-0.15, -0.1) is 0 Å². The molecule has 1 amide bonds. The van der Waals surface area contributed by atoms with Gasteiger partial charge in [-0.3, -0.25) is 4.79 Å². The number of halogens is 1. The predicted octanol–water partition coefficient (Wildman–Crippen LogP) is 4.30. The molecule has 2 rings (SSSR count). The number of carbonyl (C=O) groups excluding carboxylic acids is 1. The van der Waals surface area contributed by atoms with Crippen molar-refractivity contribution in [3.05, 3.63) is 68.8 Å². The number of hydrogen-bond donors (Lipinski definition) is 1. The molecule has 0 unspecified atom stereocenters. The number of nitrogens with one attached hydrogen (secondary N) is 1. The zero-order valence-corrected chi connectivity index (χ0v) is 16.3. The van der Waals surface area contributed by atoms with Gasteiger partial charge in [-0.1, -0.05) is 36.4 Å². The second-order valence-corrected chi connectivity index (χ2v) is 6.92. The molecule has 0 aliphatic heterocycles. The maximum absolute atomic E-state index is 12.0. The number of benzene rings is 2. The fourth-order valence-corrected chi connectivity index (χ4v) is 2.81. The first-order chi connectivity index (χ1) is 12.0. The van der Waals surface area contributed by atoms with Gasteiger partial charge in [0.25, 0.3) is 5.91 Å². The van der Waals surface area contributed by atoms with Crippen molar-refractivity contribution in [2.45, 2.75) is 26.5 Å². The third-order valence-electron chi connectivity index (χ3n) is 3.29. The molecule has 5 heteroatoms. The standard InChI is InChI=1S/C20H19IN2O2/c1-14(2)23-20(24)17(12-22)10-16-8-9-19(18(21)11-16)25-13-15-6-4-3-5-7-15/h3-11,14H,13H2,1-2H3,(H,23,24)/b17-10-. The normalized spacial score (nSPS) is 11.1. The van der Waals surface area contributed by atoms with Crippen molar-refractivity contribution in [1.82, 2.24) is 5.32 Å². The molecule has 0 aromatic heterocycles. The van der Waals surface area contributed by atoms with Crippen LogP contribution in [-0.4, -0.2) is 11.9 Å². The van der Waals surface area contributed by atoms with Crippen molar-refractivity contribution in [3.63, 3.8) is 0 Å². The summed E-state index contributed by atoms with van der Waals surface area (Å²) in [5.74, 6) is 0.406. The van der Waals surface area contributed by atoms with Gasteiger partial charge in [-0.2, -0.15) is 5.26 Å². The lowest BCUT2D eigenvalue weighted by molar-refractivity contribution is -0.117. The molecular weight excluding hydrogens is 427 g/mol. The van der Waals surface area contributed by atoms with E-state index >= 15 is 0 Å². The Hall–Kier alpha value is -2.33. The Morgan fingerprint density at radius 2 is 2.00 bits per heavy atom. The first kappa shape index (κ1) is 19.0. The molecule has 0 atom stereocenters. The fourth-order valence-electron chi connectivity index (χ4n) is 2.11. The summed E-state index contributed by atoms with van der Waals surface area (Å²) in [7, 11) is 0. The minimum atomic E-state index is -0.364. The summed E-state index contributed by atoms with van der Waals surface area (Å²) in [5, 5.41) is 11.9. The molecule has 4 nitrogen and oxygen atoms in total. The van der Waals surface area contributed by atoms with Crippen molar-refractivity contribution in [3.8, 4) is 11.8 Å². The summed E-state index contributed by atoms with van der Waals surface area (Å²) in [6.45, 7) is 4.20. The van der Waals surface area contributed by atoms with Gasteiger partial charge >= 0.3 is 0 Å². The summed E-state index contributed by atoms with van der Waals surface area (Å²) in [6, 6.07) is 17.5. The van der Waals surface area contributed by atoms with Crippen LogP contribution in [0.25, 0.3) is 6.08 Å². The maximum atomic E-state index is 12.0. The predicted molar refractivity (Wildman–Crippen MR) is 107 cm³/mol. The monoisotopic (exact) mass is 446 g/mol. The molecule has 25 heavy (non-hydrogen) atoms. The quantitative estimate of drug-likeness (QED) is 0.409. The van der Waals surface area contributed by atoms with Crippen LogP contribution in [-0.2, 0) is 11.4 Å². The highest BCUT2D eigenvalue weighted by Crippen LogP contribution is 2.24. The van der Waals surface area contributed by atoms with Crippen molar-refractivity contribution in [2.75, 3.05) is 0 Å². The van der Waals surface area contributed by atoms with E-state index < -0.39 is 0 Å². The molecule has 0 bridgehead atoms. The van der Waals surface area contributed by atoms with Crippen molar-refractivity contribution in [1.29, 1.82) is 5.26 Å². The van der Waals surface area contributed by atoms with Gasteiger partial charge in [-0.05, 0) is 65.8 Å². The second kappa shape index (κ2) is 9.23. The number of amides is 1. The third-order valence-corrected chi connectivity index (χ3v) is 4.13. The zero-order valence-electron chi connectivity index (χ0n) is 14.1. The van der Waals surface area contributed by atoms with Crippen LogP contribution in [0.5, 0.6) is 5.75 Å². The molecule has 2 aromatic carbocycles. The Labute approximate surface area is 161 Å². The Kier molecular flexibility index (Phi) is 7.02. The van der Waals surface area contributed by atoms with Gasteiger partial charge < -0.3 is 10.1 Å². The van der Waals surface area contributed by atoms with Crippen LogP contribution in [0, 0.1) is 14.9 Å². The number of ether oxygens (including phenoxy) is 1. The lowest BCUT2D eigenvalue weighted by atomic mass is 10.1. The highest BCUT2D eigenvalue weighted by Gasteiger charge is 2.10. The number of hydrogen-bond acceptors (Lipinski definition) is 3. The summed E-state index contributed by atoms with van der Waals surface area (Å²) in [5.41, 5.74) is 1.97. The largest absolute Gasteiger partial charge is 0.488 e. The summed E-state index contributed by atoms with van der Waals surface area (Å²) in [6.07, 6.45) is 1.58. The van der Waals surface area contributed by atoms with E-state index in [0.717, 1.165) is 20.4 Å². The van der Waals surface area contributed by atoms with Gasteiger partial charge in [0.2, 0.25) is 0 Å². The first-order valence-electron chi connectivity index (χ1n) is 7.88. The molecule has 0 spiro atoms. The van der Waals surface area contributed by atoms with E-state index in [1.165, 1.54) is 0 Å². The van der Waals surface area contributed by atoms with Gasteiger partial charge in [0.15, 0.2) is 0 Å². The van der Waals surface area contributed by atoms with Crippen LogP contribution in [0.2, 0.25) is 0 Å². The van der Waals surface area contributed by atoms with E-state index in [2.05, 4.69) is 27.9 Å². The zero-order chi connectivity index (χ0) is 18.2. The van der Waals surface area contributed by atoms with Gasteiger partial charge in [0.1, 0.15) is 24.0 Å². The van der Waals surface area contributed by atoms with Crippen molar-refractivity contribution in [2.24, 2.45) is 0 Å². The maximum Gasteiger partial charge on any atom is 0.262 e. The molecule has 128 valence electrons. The van der Waals surface area contributed by atoms with Gasteiger partial charge in [0, 0.05) is 6.04 Å². The minimum Gasteiger partial charge on any atom is -0.488 e. The van der Waals surface area contributed by atoms with Crippen molar-refractivity contribution >= 4 is 34.6 Å². The molecule has 0 aliphatic carbocycles. The second-order valence-electron chi connectivity index (χ2n) is 5.76. The Morgan fingerprint density at radius 1 is 1.28 bits per heavy atom. The van der Waals surface area contributed by atoms with E-state index in [1.54, 1.807) is 6.08 Å². The molecule has 0 fully saturated rings. The average Bonchev–Trinajstić information content (AvgIpc) is 2.59. The SMILES string of the molecule is CC(C)NC(=O)/C(C#N)=C\c1ccc(OCc2ccccc2)c(I)c1. The number of rotatable bonds is 6. The van der Waals surface area contributed by atoms with Crippen LogP contribution < -0.4 is 10.1 Å². The van der Waals surface area contributed by atoms with Crippen LogP contribution in [0.4, 0.5) is 0 Å². The Balaban J connectivity index is 2.11. The molecule has 0 aliphatic rings. The van der Waals surface area contributed by atoms with Crippen LogP contribution in [0.3, 0.4) is 0 Å². The molecular formula is C20H19IN2O2. The number of carbonyl (C=O) groups is 1. The molecule has 0 heterocycles. The van der Waals surface area contributed by atoms with E-state index in [1.807, 2.05) is 68.4 Å². The van der Waals surface area contributed by atoms with Crippen LogP contribution in [0.1, 0.15) is 25.0 Å². The average molecular weight is 446 g/mol. The fraction of sp³-hybridized carbons (Fsp3) is 0.200. The molecule has 0 saturated carbocycles. The van der Waals surface area contributed by atoms with E-state index in [9.17, 15) is 10.1 Å². The lowest BCUT2D eigenvalue weighted by Gasteiger charge is -2.10. The number of nitrogens with zero attached hydrogens (tertiary/aromatic N) is 1. The topological polar surface area (TPSA) is 62.1 Å². The van der Waals surface area contributed by atoms with E-state index in [4.69, 9.17) is 4.74 Å². The van der Waals surface area contributed by atoms with Gasteiger partial charge in [-0.25, -0.2) is 0 Å². The molecule has 0 radical (unpaired) electrons. The summed E-state index contributed by atoms with van der Waals surface area (Å²) < 4.78 is 6.76. The van der Waals surface area contributed by atoms with Gasteiger partial charge in [0.05, 0.1) is 3.57 Å². The Morgan fingerprint density at radius 3 is 2.60 bits per heavy atom. The lowest BCUT2D eigenvalue weighted by Crippen LogP contribution is -2.30. The number of nitriles is 1. The van der Waals surface area contributed by atoms with E-state index in [-0.39, 0.29) is 17.5 Å². The highest BCUT2D eigenvalue weighted by molar-refractivity contribution is 14.1.